The van der Waals surface area contributed by atoms with Crippen molar-refractivity contribution in [1.29, 1.82) is 0 Å². The summed E-state index contributed by atoms with van der Waals surface area (Å²) in [5, 5.41) is 8.96. The van der Waals surface area contributed by atoms with E-state index in [0.717, 1.165) is 19.3 Å². The van der Waals surface area contributed by atoms with Gasteiger partial charge in [-0.05, 0) is 38.0 Å². The third-order valence-corrected chi connectivity index (χ3v) is 3.82. The third kappa shape index (κ3) is 4.69. The van der Waals surface area contributed by atoms with E-state index in [0.29, 0.717) is 30.5 Å². The number of hydrogen-bond donors (Lipinski definition) is 1. The topological polar surface area (TPSA) is 46.5 Å². The summed E-state index contributed by atoms with van der Waals surface area (Å²) in [5.74, 6) is 1.10. The Bertz CT molecular complexity index is 275. The summed E-state index contributed by atoms with van der Waals surface area (Å²) in [6, 6.07) is 0. The van der Waals surface area contributed by atoms with Gasteiger partial charge >= 0.3 is 0 Å². The highest BCUT2D eigenvalue weighted by Gasteiger charge is 2.39. The van der Waals surface area contributed by atoms with E-state index in [4.69, 9.17) is 9.84 Å². The first-order chi connectivity index (χ1) is 8.36. The van der Waals surface area contributed by atoms with Crippen LogP contribution in [0, 0.1) is 11.8 Å². The second-order valence-electron chi connectivity index (χ2n) is 6.45. The van der Waals surface area contributed by atoms with E-state index < -0.39 is 0 Å². The van der Waals surface area contributed by atoms with Gasteiger partial charge in [-0.3, -0.25) is 4.79 Å². The summed E-state index contributed by atoms with van der Waals surface area (Å²) in [4.78, 5) is 11.9. The standard InChI is InChI=1S/C15H28O3/c1-11(2)9-13(17)10-15(4)7-5-14(18-15)12(3)6-8-16/h11-12,14,16H,5-10H2,1-4H3/t12-,14+,15-/m1/s1. The first-order valence-corrected chi connectivity index (χ1v) is 7.16. The molecule has 0 unspecified atom stereocenters. The molecule has 3 heteroatoms. The number of aliphatic hydroxyl groups is 1. The van der Waals surface area contributed by atoms with Gasteiger partial charge in [0.15, 0.2) is 0 Å². The molecule has 106 valence electrons. The van der Waals surface area contributed by atoms with Crippen molar-refractivity contribution in [1.82, 2.24) is 0 Å². The summed E-state index contributed by atoms with van der Waals surface area (Å²) in [5.41, 5.74) is -0.277. The Hall–Kier alpha value is -0.410. The van der Waals surface area contributed by atoms with Crippen LogP contribution in [0.25, 0.3) is 0 Å². The van der Waals surface area contributed by atoms with Crippen molar-refractivity contribution >= 4 is 5.78 Å². The average molecular weight is 256 g/mol. The van der Waals surface area contributed by atoms with Crippen molar-refractivity contribution in [2.75, 3.05) is 6.61 Å². The normalized spacial score (nSPS) is 29.8. The number of ketones is 1. The van der Waals surface area contributed by atoms with E-state index in [1.54, 1.807) is 0 Å². The lowest BCUT2D eigenvalue weighted by Gasteiger charge is -2.26. The van der Waals surface area contributed by atoms with Crippen LogP contribution in [0.15, 0.2) is 0 Å². The van der Waals surface area contributed by atoms with Gasteiger partial charge < -0.3 is 9.84 Å². The number of hydrogen-bond acceptors (Lipinski definition) is 3. The molecule has 3 atom stereocenters. The van der Waals surface area contributed by atoms with Gasteiger partial charge in [-0.25, -0.2) is 0 Å². The molecule has 0 aromatic carbocycles. The first-order valence-electron chi connectivity index (χ1n) is 7.16. The maximum atomic E-state index is 11.9. The van der Waals surface area contributed by atoms with Crippen LogP contribution in [-0.4, -0.2) is 29.2 Å². The number of carbonyl (C=O) groups excluding carboxylic acids is 1. The zero-order chi connectivity index (χ0) is 13.8. The second-order valence-corrected chi connectivity index (χ2v) is 6.45. The van der Waals surface area contributed by atoms with Crippen molar-refractivity contribution in [3.8, 4) is 0 Å². The molecule has 0 aliphatic carbocycles. The van der Waals surface area contributed by atoms with Crippen LogP contribution in [0.2, 0.25) is 0 Å². The van der Waals surface area contributed by atoms with E-state index in [1.807, 2.05) is 0 Å². The Balaban J connectivity index is 2.45. The van der Waals surface area contributed by atoms with Crippen LogP contribution < -0.4 is 0 Å². The molecule has 1 saturated heterocycles. The van der Waals surface area contributed by atoms with Gasteiger partial charge in [0.2, 0.25) is 0 Å². The van der Waals surface area contributed by atoms with Gasteiger partial charge in [0.1, 0.15) is 5.78 Å². The first kappa shape index (κ1) is 15.6. The van der Waals surface area contributed by atoms with E-state index in [2.05, 4.69) is 27.7 Å². The van der Waals surface area contributed by atoms with E-state index in [-0.39, 0.29) is 18.3 Å². The molecule has 0 amide bonds. The quantitative estimate of drug-likeness (QED) is 0.761. The van der Waals surface area contributed by atoms with Crippen molar-refractivity contribution in [3.05, 3.63) is 0 Å². The Labute approximate surface area is 111 Å². The van der Waals surface area contributed by atoms with E-state index in [9.17, 15) is 4.79 Å². The van der Waals surface area contributed by atoms with Crippen LogP contribution in [0.1, 0.15) is 59.8 Å². The minimum atomic E-state index is -0.277. The molecule has 0 saturated carbocycles. The molecule has 0 aromatic rings. The Morgan fingerprint density at radius 2 is 2.11 bits per heavy atom. The van der Waals surface area contributed by atoms with Crippen molar-refractivity contribution < 1.29 is 14.6 Å². The van der Waals surface area contributed by atoms with Crippen LogP contribution >= 0.6 is 0 Å². The van der Waals surface area contributed by atoms with Gasteiger partial charge in [-0.15, -0.1) is 0 Å². The minimum Gasteiger partial charge on any atom is -0.396 e. The Morgan fingerprint density at radius 1 is 1.44 bits per heavy atom. The average Bonchev–Trinajstić information content (AvgIpc) is 2.59. The lowest BCUT2D eigenvalue weighted by Crippen LogP contribution is -2.30. The van der Waals surface area contributed by atoms with Crippen LogP contribution in [0.4, 0.5) is 0 Å². The molecule has 1 heterocycles. The van der Waals surface area contributed by atoms with Gasteiger partial charge in [0.05, 0.1) is 11.7 Å². The fraction of sp³-hybridized carbons (Fsp3) is 0.933. The predicted molar refractivity (Wildman–Crippen MR) is 72.5 cm³/mol. The lowest BCUT2D eigenvalue weighted by molar-refractivity contribution is -0.127. The molecule has 1 N–H and O–H groups in total. The SMILES string of the molecule is CC(C)CC(=O)C[C@@]1(C)CC[C@@H]([C@H](C)CCO)O1. The maximum absolute atomic E-state index is 11.9. The zero-order valence-electron chi connectivity index (χ0n) is 12.2. The van der Waals surface area contributed by atoms with Crippen molar-refractivity contribution in [2.45, 2.75) is 71.5 Å². The van der Waals surface area contributed by atoms with Crippen molar-refractivity contribution in [2.24, 2.45) is 11.8 Å². The fourth-order valence-electron chi connectivity index (χ4n) is 2.80. The molecule has 0 aromatic heterocycles. The highest BCUT2D eigenvalue weighted by atomic mass is 16.5. The molecule has 1 aliphatic rings. The van der Waals surface area contributed by atoms with Crippen LogP contribution in [0.3, 0.4) is 0 Å². The number of Topliss-reactive ketones (excluding diaryl/α,β-unsaturated/α-hetero) is 1. The lowest BCUT2D eigenvalue weighted by atomic mass is 9.91. The molecule has 1 rings (SSSR count). The summed E-state index contributed by atoms with van der Waals surface area (Å²) >= 11 is 0. The zero-order valence-corrected chi connectivity index (χ0v) is 12.2. The summed E-state index contributed by atoms with van der Waals surface area (Å²) in [7, 11) is 0. The molecule has 1 aliphatic heterocycles. The number of ether oxygens (including phenoxy) is 1. The molecular formula is C15H28O3. The highest BCUT2D eigenvalue weighted by Crippen LogP contribution is 2.37. The van der Waals surface area contributed by atoms with Gasteiger partial charge in [0.25, 0.3) is 0 Å². The van der Waals surface area contributed by atoms with E-state index in [1.165, 1.54) is 0 Å². The van der Waals surface area contributed by atoms with Gasteiger partial charge in [0, 0.05) is 19.4 Å². The molecule has 18 heavy (non-hydrogen) atoms. The van der Waals surface area contributed by atoms with Crippen LogP contribution in [-0.2, 0) is 9.53 Å². The molecule has 0 bridgehead atoms. The summed E-state index contributed by atoms with van der Waals surface area (Å²) < 4.78 is 6.08. The van der Waals surface area contributed by atoms with E-state index >= 15 is 0 Å². The molecule has 0 spiro atoms. The number of carbonyl (C=O) groups is 1. The fourth-order valence-corrected chi connectivity index (χ4v) is 2.80. The second kappa shape index (κ2) is 6.67. The molecule has 1 fully saturated rings. The Morgan fingerprint density at radius 3 is 2.67 bits per heavy atom. The summed E-state index contributed by atoms with van der Waals surface area (Å²) in [6.45, 7) is 8.52. The van der Waals surface area contributed by atoms with Gasteiger partial charge in [-0.2, -0.15) is 0 Å². The predicted octanol–water partition coefficient (Wildman–Crippen LogP) is 2.95. The van der Waals surface area contributed by atoms with Gasteiger partial charge in [-0.1, -0.05) is 20.8 Å². The largest absolute Gasteiger partial charge is 0.396 e. The maximum Gasteiger partial charge on any atom is 0.136 e. The van der Waals surface area contributed by atoms with Crippen LogP contribution in [0.5, 0.6) is 0 Å². The molecule has 0 radical (unpaired) electrons. The minimum absolute atomic E-state index is 0.203. The number of rotatable bonds is 7. The van der Waals surface area contributed by atoms with Crippen molar-refractivity contribution in [3.63, 3.8) is 0 Å². The molecule has 3 nitrogen and oxygen atoms in total. The molecular weight excluding hydrogens is 228 g/mol. The highest BCUT2D eigenvalue weighted by molar-refractivity contribution is 5.79. The number of aliphatic hydroxyl groups excluding tert-OH is 1. The Kier molecular flexibility index (Phi) is 5.80. The monoisotopic (exact) mass is 256 g/mol. The smallest absolute Gasteiger partial charge is 0.136 e. The summed E-state index contributed by atoms with van der Waals surface area (Å²) in [6.07, 6.45) is 4.13. The third-order valence-electron chi connectivity index (χ3n) is 3.82.